The Kier molecular flexibility index (Phi) is 3.00. The van der Waals surface area contributed by atoms with Crippen LogP contribution in [0.3, 0.4) is 0 Å². The molecule has 0 spiro atoms. The van der Waals surface area contributed by atoms with Crippen LogP contribution in [0.5, 0.6) is 0 Å². The Morgan fingerprint density at radius 2 is 2.18 bits per heavy atom. The first-order chi connectivity index (χ1) is 8.15. The minimum Gasteiger partial charge on any atom is -0.399 e. The molecule has 17 heavy (non-hydrogen) atoms. The molecule has 2 aromatic rings. The zero-order valence-corrected chi connectivity index (χ0v) is 9.34. The Labute approximate surface area is 98.7 Å². The zero-order chi connectivity index (χ0) is 12.3. The van der Waals surface area contributed by atoms with E-state index in [4.69, 9.17) is 5.73 Å². The molecule has 0 aliphatic heterocycles. The van der Waals surface area contributed by atoms with Crippen LogP contribution in [0.2, 0.25) is 0 Å². The zero-order valence-electron chi connectivity index (χ0n) is 9.34. The molecular weight excluding hydrogens is 216 g/mol. The number of nitrogen functional groups attached to an aromatic ring is 1. The SMILES string of the molecule is Cc1cncc(NC(=O)c2cc(N)ccn2)c1. The third kappa shape index (κ3) is 2.78. The largest absolute Gasteiger partial charge is 0.399 e. The molecule has 0 saturated carbocycles. The van der Waals surface area contributed by atoms with Gasteiger partial charge in [0, 0.05) is 18.1 Å². The first kappa shape index (κ1) is 11.1. The maximum absolute atomic E-state index is 11.8. The molecule has 0 unspecified atom stereocenters. The summed E-state index contributed by atoms with van der Waals surface area (Å²) >= 11 is 0. The van der Waals surface area contributed by atoms with Crippen LogP contribution in [0.1, 0.15) is 16.1 Å². The van der Waals surface area contributed by atoms with Gasteiger partial charge in [0.2, 0.25) is 0 Å². The Morgan fingerprint density at radius 1 is 1.35 bits per heavy atom. The van der Waals surface area contributed by atoms with E-state index < -0.39 is 0 Å². The molecule has 1 amide bonds. The van der Waals surface area contributed by atoms with E-state index in [1.807, 2.05) is 13.0 Å². The first-order valence-corrected chi connectivity index (χ1v) is 5.10. The highest BCUT2D eigenvalue weighted by Gasteiger charge is 2.07. The van der Waals surface area contributed by atoms with Gasteiger partial charge in [0.05, 0.1) is 11.9 Å². The van der Waals surface area contributed by atoms with E-state index in [0.29, 0.717) is 11.4 Å². The fraction of sp³-hybridized carbons (Fsp3) is 0.0833. The number of anilines is 2. The smallest absolute Gasteiger partial charge is 0.274 e. The van der Waals surface area contributed by atoms with Gasteiger partial charge in [0.1, 0.15) is 5.69 Å². The van der Waals surface area contributed by atoms with E-state index in [0.717, 1.165) is 5.56 Å². The van der Waals surface area contributed by atoms with E-state index in [1.165, 1.54) is 12.3 Å². The average molecular weight is 228 g/mol. The van der Waals surface area contributed by atoms with Crippen molar-refractivity contribution in [3.8, 4) is 0 Å². The molecule has 0 radical (unpaired) electrons. The minimum atomic E-state index is -0.301. The number of hydrogen-bond donors (Lipinski definition) is 2. The second kappa shape index (κ2) is 4.61. The number of nitrogens with one attached hydrogen (secondary N) is 1. The number of aromatic nitrogens is 2. The summed E-state index contributed by atoms with van der Waals surface area (Å²) in [6.07, 6.45) is 4.80. The number of carbonyl (C=O) groups is 1. The van der Waals surface area contributed by atoms with Crippen LogP contribution in [0, 0.1) is 6.92 Å². The summed E-state index contributed by atoms with van der Waals surface area (Å²) in [5, 5.41) is 2.71. The van der Waals surface area contributed by atoms with Crippen molar-refractivity contribution in [1.29, 1.82) is 0 Å². The van der Waals surface area contributed by atoms with Gasteiger partial charge >= 0.3 is 0 Å². The molecule has 2 heterocycles. The molecule has 5 heteroatoms. The van der Waals surface area contributed by atoms with Gasteiger partial charge in [-0.25, -0.2) is 0 Å². The number of nitrogens with zero attached hydrogens (tertiary/aromatic N) is 2. The summed E-state index contributed by atoms with van der Waals surface area (Å²) in [6, 6.07) is 4.99. The van der Waals surface area contributed by atoms with Crippen molar-refractivity contribution in [3.05, 3.63) is 48.0 Å². The molecule has 0 aromatic carbocycles. The van der Waals surface area contributed by atoms with Crippen LogP contribution in [0.15, 0.2) is 36.8 Å². The van der Waals surface area contributed by atoms with Gasteiger partial charge in [-0.05, 0) is 30.7 Å². The molecule has 2 rings (SSSR count). The lowest BCUT2D eigenvalue weighted by molar-refractivity contribution is 0.102. The third-order valence-electron chi connectivity index (χ3n) is 2.15. The van der Waals surface area contributed by atoms with Crippen LogP contribution in [0.4, 0.5) is 11.4 Å². The fourth-order valence-corrected chi connectivity index (χ4v) is 1.39. The average Bonchev–Trinajstić information content (AvgIpc) is 2.29. The van der Waals surface area contributed by atoms with E-state index in [-0.39, 0.29) is 11.6 Å². The monoisotopic (exact) mass is 228 g/mol. The molecular formula is C12H12N4O. The predicted molar refractivity (Wildman–Crippen MR) is 65.6 cm³/mol. The first-order valence-electron chi connectivity index (χ1n) is 5.10. The van der Waals surface area contributed by atoms with Crippen molar-refractivity contribution in [2.45, 2.75) is 6.92 Å². The number of nitrogens with two attached hydrogens (primary N) is 1. The van der Waals surface area contributed by atoms with Crippen molar-refractivity contribution in [3.63, 3.8) is 0 Å². The van der Waals surface area contributed by atoms with Gasteiger partial charge in [0.25, 0.3) is 5.91 Å². The molecule has 0 fully saturated rings. The number of rotatable bonds is 2. The summed E-state index contributed by atoms with van der Waals surface area (Å²) in [5.74, 6) is -0.301. The van der Waals surface area contributed by atoms with E-state index in [1.54, 1.807) is 18.5 Å². The van der Waals surface area contributed by atoms with E-state index in [9.17, 15) is 4.79 Å². The summed E-state index contributed by atoms with van der Waals surface area (Å²) in [7, 11) is 0. The molecule has 5 nitrogen and oxygen atoms in total. The Bertz CT molecular complexity index is 554. The van der Waals surface area contributed by atoms with Gasteiger partial charge < -0.3 is 11.1 Å². The lowest BCUT2D eigenvalue weighted by Crippen LogP contribution is -2.14. The molecule has 2 aromatic heterocycles. The lowest BCUT2D eigenvalue weighted by Gasteiger charge is -2.05. The lowest BCUT2D eigenvalue weighted by atomic mass is 10.2. The normalized spacial score (nSPS) is 9.94. The molecule has 0 saturated heterocycles. The molecule has 0 aliphatic carbocycles. The number of amides is 1. The van der Waals surface area contributed by atoms with Crippen LogP contribution < -0.4 is 11.1 Å². The number of pyridine rings is 2. The minimum absolute atomic E-state index is 0.284. The van der Waals surface area contributed by atoms with Crippen LogP contribution in [0.25, 0.3) is 0 Å². The van der Waals surface area contributed by atoms with Gasteiger partial charge in [-0.2, -0.15) is 0 Å². The van der Waals surface area contributed by atoms with Crippen molar-refractivity contribution in [1.82, 2.24) is 9.97 Å². The standard InChI is InChI=1S/C12H12N4O/c1-8-4-10(7-14-6-8)16-12(17)11-5-9(13)2-3-15-11/h2-7H,1H3,(H2,13,15)(H,16,17). The fourth-order valence-electron chi connectivity index (χ4n) is 1.39. The molecule has 0 bridgehead atoms. The molecule has 86 valence electrons. The van der Waals surface area contributed by atoms with Crippen molar-refractivity contribution in [2.24, 2.45) is 0 Å². The van der Waals surface area contributed by atoms with Gasteiger partial charge in [-0.3, -0.25) is 14.8 Å². The Balaban J connectivity index is 2.17. The topological polar surface area (TPSA) is 80.9 Å². The highest BCUT2D eigenvalue weighted by atomic mass is 16.1. The number of carbonyl (C=O) groups excluding carboxylic acids is 1. The summed E-state index contributed by atoms with van der Waals surface area (Å²) < 4.78 is 0. The Morgan fingerprint density at radius 3 is 2.88 bits per heavy atom. The van der Waals surface area contributed by atoms with Crippen LogP contribution >= 0.6 is 0 Å². The maximum Gasteiger partial charge on any atom is 0.274 e. The van der Waals surface area contributed by atoms with E-state index in [2.05, 4.69) is 15.3 Å². The van der Waals surface area contributed by atoms with Crippen LogP contribution in [-0.2, 0) is 0 Å². The molecule has 3 N–H and O–H groups in total. The number of hydrogen-bond acceptors (Lipinski definition) is 4. The summed E-state index contributed by atoms with van der Waals surface area (Å²) in [4.78, 5) is 19.8. The second-order valence-corrected chi connectivity index (χ2v) is 3.68. The van der Waals surface area contributed by atoms with Gasteiger partial charge in [-0.1, -0.05) is 0 Å². The summed E-state index contributed by atoms with van der Waals surface area (Å²) in [5.41, 5.74) is 7.99. The summed E-state index contributed by atoms with van der Waals surface area (Å²) in [6.45, 7) is 1.90. The van der Waals surface area contributed by atoms with Crippen LogP contribution in [-0.4, -0.2) is 15.9 Å². The van der Waals surface area contributed by atoms with Crippen molar-refractivity contribution >= 4 is 17.3 Å². The highest BCUT2D eigenvalue weighted by molar-refractivity contribution is 6.03. The third-order valence-corrected chi connectivity index (χ3v) is 2.15. The number of aryl methyl sites for hydroxylation is 1. The van der Waals surface area contributed by atoms with Gasteiger partial charge in [-0.15, -0.1) is 0 Å². The molecule has 0 atom stereocenters. The molecule has 0 aliphatic rings. The van der Waals surface area contributed by atoms with Crippen molar-refractivity contribution < 1.29 is 4.79 Å². The Hall–Kier alpha value is -2.43. The van der Waals surface area contributed by atoms with Crippen molar-refractivity contribution in [2.75, 3.05) is 11.1 Å². The maximum atomic E-state index is 11.8. The highest BCUT2D eigenvalue weighted by Crippen LogP contribution is 2.10. The second-order valence-electron chi connectivity index (χ2n) is 3.68. The quantitative estimate of drug-likeness (QED) is 0.818. The predicted octanol–water partition coefficient (Wildman–Crippen LogP) is 1.62. The van der Waals surface area contributed by atoms with Gasteiger partial charge in [0.15, 0.2) is 0 Å². The van der Waals surface area contributed by atoms with E-state index >= 15 is 0 Å².